The molecule has 49 heavy (non-hydrogen) atoms. The van der Waals surface area contributed by atoms with Gasteiger partial charge in [-0.15, -0.1) is 0 Å². The van der Waals surface area contributed by atoms with Crippen LogP contribution < -0.4 is 5.32 Å². The molecule has 9 aromatic rings. The monoisotopic (exact) mass is 627 g/mol. The van der Waals surface area contributed by atoms with Gasteiger partial charge in [0.2, 0.25) is 0 Å². The van der Waals surface area contributed by atoms with E-state index in [0.717, 1.165) is 61.0 Å². The third-order valence-corrected chi connectivity index (χ3v) is 9.68. The van der Waals surface area contributed by atoms with Gasteiger partial charge in [0.15, 0.2) is 5.84 Å². The highest BCUT2D eigenvalue weighted by atomic mass is 16.3. The maximum atomic E-state index is 6.56. The minimum absolute atomic E-state index is 0.320. The van der Waals surface area contributed by atoms with E-state index in [-0.39, 0.29) is 6.17 Å². The second-order valence-electron chi connectivity index (χ2n) is 12.7. The zero-order valence-corrected chi connectivity index (χ0v) is 26.5. The lowest BCUT2D eigenvalue weighted by Crippen LogP contribution is -2.33. The second-order valence-corrected chi connectivity index (χ2v) is 12.7. The number of furan rings is 1. The van der Waals surface area contributed by atoms with Gasteiger partial charge in [-0.05, 0) is 79.3 Å². The van der Waals surface area contributed by atoms with Crippen molar-refractivity contribution in [2.24, 2.45) is 9.98 Å². The molecule has 0 bridgehead atoms. The summed E-state index contributed by atoms with van der Waals surface area (Å²) in [5.74, 6) is 1.45. The molecule has 1 aromatic heterocycles. The molecule has 10 rings (SSSR count). The highest BCUT2D eigenvalue weighted by Gasteiger charge is 2.25. The van der Waals surface area contributed by atoms with Crippen LogP contribution in [0.5, 0.6) is 0 Å². The summed E-state index contributed by atoms with van der Waals surface area (Å²) in [7, 11) is 0. The second kappa shape index (κ2) is 11.0. The Bertz CT molecular complexity index is 2810. The summed E-state index contributed by atoms with van der Waals surface area (Å²) in [6.45, 7) is 0. The number of rotatable bonds is 4. The van der Waals surface area contributed by atoms with Crippen LogP contribution >= 0.6 is 0 Å². The van der Waals surface area contributed by atoms with Gasteiger partial charge >= 0.3 is 0 Å². The Morgan fingerprint density at radius 2 is 1.14 bits per heavy atom. The summed E-state index contributed by atoms with van der Waals surface area (Å²) >= 11 is 0. The van der Waals surface area contributed by atoms with Crippen molar-refractivity contribution in [3.05, 3.63) is 180 Å². The van der Waals surface area contributed by atoms with Gasteiger partial charge in [-0.3, -0.25) is 0 Å². The van der Waals surface area contributed by atoms with E-state index in [1.807, 2.05) is 18.2 Å². The minimum Gasteiger partial charge on any atom is -0.456 e. The number of fused-ring (bicyclic) bond motifs is 7. The topological polar surface area (TPSA) is 49.9 Å². The van der Waals surface area contributed by atoms with Crippen molar-refractivity contribution in [2.75, 3.05) is 0 Å². The Kier molecular flexibility index (Phi) is 6.21. The first-order valence-electron chi connectivity index (χ1n) is 16.6. The van der Waals surface area contributed by atoms with Crippen LogP contribution in [-0.2, 0) is 0 Å². The lowest BCUT2D eigenvalue weighted by molar-refractivity contribution is 0.668. The molecule has 1 aliphatic rings. The number of nitrogens with zero attached hydrogens (tertiary/aromatic N) is 2. The van der Waals surface area contributed by atoms with E-state index in [2.05, 4.69) is 151 Å². The fraction of sp³-hybridized carbons (Fsp3) is 0.0222. The summed E-state index contributed by atoms with van der Waals surface area (Å²) in [4.78, 5) is 10.5. The maximum Gasteiger partial charge on any atom is 0.159 e. The van der Waals surface area contributed by atoms with E-state index >= 15 is 0 Å². The van der Waals surface area contributed by atoms with E-state index in [9.17, 15) is 0 Å². The minimum atomic E-state index is -0.320. The Morgan fingerprint density at radius 1 is 0.469 bits per heavy atom. The average molecular weight is 628 g/mol. The summed E-state index contributed by atoms with van der Waals surface area (Å²) in [5, 5.41) is 13.1. The standard InChI is InChI=1S/C45H29N3O/c1-2-12-31(13-3-1)43-46-44(34-23-18-28-10-4-5-14-32(28)24-34)48-45(47-43)39-26-35(27-41-42(39)37-16-8-9-17-40(37)49-41)33-22-21-30-20-19-29-11-6-7-15-36(29)38(30)25-33/h1-27,43H,(H,46,47,48). The molecule has 0 aliphatic carbocycles. The van der Waals surface area contributed by atoms with Gasteiger partial charge in [0.1, 0.15) is 23.2 Å². The summed E-state index contributed by atoms with van der Waals surface area (Å²) in [5.41, 5.74) is 6.87. The number of hydrogen-bond acceptors (Lipinski definition) is 4. The largest absolute Gasteiger partial charge is 0.456 e. The van der Waals surface area contributed by atoms with Crippen molar-refractivity contribution in [3.63, 3.8) is 0 Å². The van der Waals surface area contributed by atoms with Crippen LogP contribution in [0.2, 0.25) is 0 Å². The molecule has 1 N–H and O–H groups in total. The number of aliphatic imine (C=N–C) groups is 2. The highest BCUT2D eigenvalue weighted by molar-refractivity contribution is 6.23. The molecule has 4 heteroatoms. The molecule has 0 saturated heterocycles. The zero-order valence-electron chi connectivity index (χ0n) is 26.5. The lowest BCUT2D eigenvalue weighted by Gasteiger charge is -2.24. The van der Waals surface area contributed by atoms with Crippen molar-refractivity contribution >= 4 is 65.9 Å². The SMILES string of the molecule is c1ccc(C2N=C(c3ccc4ccccc4c3)N=C(c3cc(-c4ccc5ccc6ccccc6c5c4)cc4oc5ccccc5c34)N2)cc1. The van der Waals surface area contributed by atoms with E-state index in [1.165, 1.54) is 26.9 Å². The molecule has 1 unspecified atom stereocenters. The molecule has 4 nitrogen and oxygen atoms in total. The normalized spacial score (nSPS) is 14.7. The summed E-state index contributed by atoms with van der Waals surface area (Å²) < 4.78 is 6.56. The molecular weight excluding hydrogens is 599 g/mol. The molecule has 0 fully saturated rings. The number of benzene rings is 8. The first-order valence-corrected chi connectivity index (χ1v) is 16.6. The first kappa shape index (κ1) is 27.6. The van der Waals surface area contributed by atoms with Crippen molar-refractivity contribution in [2.45, 2.75) is 6.17 Å². The molecule has 2 heterocycles. The van der Waals surface area contributed by atoms with Crippen LogP contribution in [0.25, 0.3) is 65.4 Å². The molecule has 0 spiro atoms. The number of amidine groups is 2. The highest BCUT2D eigenvalue weighted by Crippen LogP contribution is 2.38. The number of para-hydroxylation sites is 1. The van der Waals surface area contributed by atoms with Crippen LogP contribution in [0.3, 0.4) is 0 Å². The quantitative estimate of drug-likeness (QED) is 0.197. The van der Waals surface area contributed by atoms with Gasteiger partial charge in [0.25, 0.3) is 0 Å². The average Bonchev–Trinajstić information content (AvgIpc) is 3.56. The zero-order chi connectivity index (χ0) is 32.3. The Labute approximate surface area is 282 Å². The van der Waals surface area contributed by atoms with Gasteiger partial charge in [0, 0.05) is 21.9 Å². The van der Waals surface area contributed by atoms with Crippen LogP contribution in [0.1, 0.15) is 22.9 Å². The van der Waals surface area contributed by atoms with E-state index in [1.54, 1.807) is 0 Å². The Balaban J connectivity index is 1.21. The van der Waals surface area contributed by atoms with Gasteiger partial charge in [-0.1, -0.05) is 133 Å². The van der Waals surface area contributed by atoms with Gasteiger partial charge in [0.05, 0.1) is 0 Å². The lowest BCUT2D eigenvalue weighted by atomic mass is 9.94. The fourth-order valence-corrected chi connectivity index (χ4v) is 7.24. The maximum absolute atomic E-state index is 6.56. The van der Waals surface area contributed by atoms with Crippen molar-refractivity contribution < 1.29 is 4.42 Å². The number of hydrogen-bond donors (Lipinski definition) is 1. The Hall–Kier alpha value is -6.52. The fourth-order valence-electron chi connectivity index (χ4n) is 7.24. The van der Waals surface area contributed by atoms with Crippen molar-refractivity contribution in [1.82, 2.24) is 5.32 Å². The molecule has 230 valence electrons. The van der Waals surface area contributed by atoms with E-state index in [4.69, 9.17) is 14.4 Å². The molecule has 1 aliphatic heterocycles. The third kappa shape index (κ3) is 4.68. The third-order valence-electron chi connectivity index (χ3n) is 9.68. The van der Waals surface area contributed by atoms with E-state index < -0.39 is 0 Å². The van der Waals surface area contributed by atoms with Crippen LogP contribution in [-0.4, -0.2) is 11.7 Å². The predicted octanol–water partition coefficient (Wildman–Crippen LogP) is 11.2. The van der Waals surface area contributed by atoms with Crippen molar-refractivity contribution in [1.29, 1.82) is 0 Å². The first-order chi connectivity index (χ1) is 24.2. The van der Waals surface area contributed by atoms with Crippen molar-refractivity contribution in [3.8, 4) is 11.1 Å². The smallest absolute Gasteiger partial charge is 0.159 e. The molecular formula is C45H29N3O. The van der Waals surface area contributed by atoms with Crippen LogP contribution in [0, 0.1) is 0 Å². The Morgan fingerprint density at radius 3 is 2.02 bits per heavy atom. The molecule has 0 saturated carbocycles. The van der Waals surface area contributed by atoms with Gasteiger partial charge in [-0.25, -0.2) is 9.98 Å². The van der Waals surface area contributed by atoms with Gasteiger partial charge in [-0.2, -0.15) is 0 Å². The number of nitrogens with one attached hydrogen (secondary N) is 1. The van der Waals surface area contributed by atoms with Crippen LogP contribution in [0.15, 0.2) is 178 Å². The van der Waals surface area contributed by atoms with Gasteiger partial charge < -0.3 is 9.73 Å². The molecule has 8 aromatic carbocycles. The summed E-state index contributed by atoms with van der Waals surface area (Å²) in [6, 6.07) is 57.6. The molecule has 1 atom stereocenters. The summed E-state index contributed by atoms with van der Waals surface area (Å²) in [6.07, 6.45) is -0.320. The molecule has 0 radical (unpaired) electrons. The van der Waals surface area contributed by atoms with E-state index in [0.29, 0.717) is 5.84 Å². The van der Waals surface area contributed by atoms with Crippen LogP contribution in [0.4, 0.5) is 0 Å². The molecule has 0 amide bonds. The predicted molar refractivity (Wildman–Crippen MR) is 204 cm³/mol.